The van der Waals surface area contributed by atoms with Crippen molar-refractivity contribution >= 4 is 21.7 Å². The zero-order valence-corrected chi connectivity index (χ0v) is 11.3. The molecule has 0 heterocycles. The normalized spacial score (nSPS) is 10.2. The van der Waals surface area contributed by atoms with E-state index in [0.717, 1.165) is 10.0 Å². The van der Waals surface area contributed by atoms with Crippen molar-refractivity contribution in [3.05, 3.63) is 59.6 Å². The molecule has 0 aromatic heterocycles. The Balaban J connectivity index is 2.69. The van der Waals surface area contributed by atoms with Crippen LogP contribution in [0, 0.1) is 0 Å². The summed E-state index contributed by atoms with van der Waals surface area (Å²) in [4.78, 5) is 14.0. The van der Waals surface area contributed by atoms with E-state index in [1.165, 1.54) is 0 Å². The lowest BCUT2D eigenvalue weighted by Crippen LogP contribution is -2.30. The minimum atomic E-state index is 0.106. The van der Waals surface area contributed by atoms with Crippen molar-refractivity contribution in [1.82, 2.24) is 4.90 Å². The highest BCUT2D eigenvalue weighted by molar-refractivity contribution is 9.10. The van der Waals surface area contributed by atoms with E-state index in [2.05, 4.69) is 29.1 Å². The van der Waals surface area contributed by atoms with Crippen LogP contribution in [-0.4, -0.2) is 30.3 Å². The number of rotatable bonds is 7. The van der Waals surface area contributed by atoms with Crippen LogP contribution >= 0.6 is 15.9 Å². The first-order valence-corrected chi connectivity index (χ1v) is 6.19. The molecule has 0 fully saturated rings. The van der Waals surface area contributed by atoms with Gasteiger partial charge in [0.05, 0.1) is 6.54 Å². The second-order valence-electron chi connectivity index (χ2n) is 3.70. The summed E-state index contributed by atoms with van der Waals surface area (Å²) in [6, 6.07) is 7.43. The first kappa shape index (κ1) is 13.9. The molecule has 0 aliphatic carbocycles. The molecular formula is C14H16BrNO. The number of hydrogen-bond acceptors (Lipinski definition) is 2. The van der Waals surface area contributed by atoms with Crippen molar-refractivity contribution < 1.29 is 4.79 Å². The highest BCUT2D eigenvalue weighted by Gasteiger charge is 2.10. The Hall–Kier alpha value is -1.19. The van der Waals surface area contributed by atoms with Crippen LogP contribution in [0.15, 0.2) is 54.0 Å². The van der Waals surface area contributed by atoms with E-state index in [1.54, 1.807) is 12.2 Å². The summed E-state index contributed by atoms with van der Waals surface area (Å²) >= 11 is 3.36. The third-order valence-corrected chi connectivity index (χ3v) is 2.78. The van der Waals surface area contributed by atoms with Crippen molar-refractivity contribution in [3.63, 3.8) is 0 Å². The van der Waals surface area contributed by atoms with E-state index in [9.17, 15) is 4.79 Å². The summed E-state index contributed by atoms with van der Waals surface area (Å²) in [6.07, 6.45) is 3.58. The molecule has 0 atom stereocenters. The molecule has 0 unspecified atom stereocenters. The molecule has 0 N–H and O–H groups in total. The zero-order valence-electron chi connectivity index (χ0n) is 9.73. The number of Topliss-reactive ketones (excluding diaryl/α,β-unsaturated/α-hetero) is 1. The third-order valence-electron chi connectivity index (χ3n) is 2.29. The van der Waals surface area contributed by atoms with Gasteiger partial charge in [-0.25, -0.2) is 0 Å². The van der Waals surface area contributed by atoms with Gasteiger partial charge in [0.25, 0.3) is 0 Å². The van der Waals surface area contributed by atoms with Crippen LogP contribution in [0.4, 0.5) is 0 Å². The van der Waals surface area contributed by atoms with Crippen LogP contribution in [0.3, 0.4) is 0 Å². The average molecular weight is 294 g/mol. The molecule has 3 heteroatoms. The first-order valence-electron chi connectivity index (χ1n) is 5.40. The van der Waals surface area contributed by atoms with Gasteiger partial charge in [0.1, 0.15) is 0 Å². The Morgan fingerprint density at radius 2 is 1.94 bits per heavy atom. The molecule has 0 saturated carbocycles. The fourth-order valence-corrected chi connectivity index (χ4v) is 1.92. The molecular weight excluding hydrogens is 278 g/mol. The van der Waals surface area contributed by atoms with Crippen molar-refractivity contribution in [2.45, 2.75) is 0 Å². The van der Waals surface area contributed by atoms with E-state index in [0.29, 0.717) is 19.6 Å². The van der Waals surface area contributed by atoms with Gasteiger partial charge in [0.2, 0.25) is 0 Å². The van der Waals surface area contributed by atoms with Crippen LogP contribution in [0.5, 0.6) is 0 Å². The number of nitrogens with zero attached hydrogens (tertiary/aromatic N) is 1. The Labute approximate surface area is 111 Å². The average Bonchev–Trinajstić information content (AvgIpc) is 2.29. The fourth-order valence-electron chi connectivity index (χ4n) is 1.53. The van der Waals surface area contributed by atoms with Gasteiger partial charge < -0.3 is 0 Å². The molecule has 2 nitrogen and oxygen atoms in total. The molecule has 0 bridgehead atoms. The molecule has 0 saturated heterocycles. The van der Waals surface area contributed by atoms with Gasteiger partial charge in [-0.05, 0) is 12.1 Å². The molecule has 0 aliphatic rings. The standard InChI is InChI=1S/C14H16BrNO/c1-3-8-16(9-4-2)11-14(17)12-6-5-7-13(15)10-12/h3-7,10H,1-2,8-9,11H2. The molecule has 1 aromatic carbocycles. The van der Waals surface area contributed by atoms with Gasteiger partial charge in [-0.15, -0.1) is 13.2 Å². The van der Waals surface area contributed by atoms with E-state index < -0.39 is 0 Å². The number of hydrogen-bond donors (Lipinski definition) is 0. The predicted octanol–water partition coefficient (Wildman–Crippen LogP) is 3.31. The van der Waals surface area contributed by atoms with Crippen molar-refractivity contribution in [3.8, 4) is 0 Å². The van der Waals surface area contributed by atoms with Crippen LogP contribution in [0.25, 0.3) is 0 Å². The van der Waals surface area contributed by atoms with Gasteiger partial charge in [0.15, 0.2) is 5.78 Å². The van der Waals surface area contributed by atoms with E-state index >= 15 is 0 Å². The largest absolute Gasteiger partial charge is 0.293 e. The molecule has 0 amide bonds. The Bertz CT molecular complexity index is 404. The summed E-state index contributed by atoms with van der Waals surface area (Å²) in [5.74, 6) is 0.106. The smallest absolute Gasteiger partial charge is 0.176 e. The topological polar surface area (TPSA) is 20.3 Å². The summed E-state index contributed by atoms with van der Waals surface area (Å²) in [6.45, 7) is 9.12. The number of benzene rings is 1. The molecule has 17 heavy (non-hydrogen) atoms. The fraction of sp³-hybridized carbons (Fsp3) is 0.214. The maximum Gasteiger partial charge on any atom is 0.176 e. The molecule has 0 aliphatic heterocycles. The highest BCUT2D eigenvalue weighted by atomic mass is 79.9. The maximum absolute atomic E-state index is 12.0. The Morgan fingerprint density at radius 3 is 2.47 bits per heavy atom. The van der Waals surface area contributed by atoms with Crippen LogP contribution in [-0.2, 0) is 0 Å². The second-order valence-corrected chi connectivity index (χ2v) is 4.62. The monoisotopic (exact) mass is 293 g/mol. The van der Waals surface area contributed by atoms with E-state index in [4.69, 9.17) is 0 Å². The van der Waals surface area contributed by atoms with Crippen molar-refractivity contribution in [1.29, 1.82) is 0 Å². The molecule has 0 spiro atoms. The van der Waals surface area contributed by atoms with Gasteiger partial charge >= 0.3 is 0 Å². The van der Waals surface area contributed by atoms with Crippen LogP contribution < -0.4 is 0 Å². The SMILES string of the molecule is C=CCN(CC=C)CC(=O)c1cccc(Br)c1. The summed E-state index contributed by atoms with van der Waals surface area (Å²) in [5.41, 5.74) is 0.720. The lowest BCUT2D eigenvalue weighted by atomic mass is 10.1. The summed E-state index contributed by atoms with van der Waals surface area (Å²) in [7, 11) is 0. The van der Waals surface area contributed by atoms with Crippen LogP contribution in [0.2, 0.25) is 0 Å². The van der Waals surface area contributed by atoms with Crippen LogP contribution in [0.1, 0.15) is 10.4 Å². The maximum atomic E-state index is 12.0. The second kappa shape index (κ2) is 7.20. The zero-order chi connectivity index (χ0) is 12.7. The molecule has 0 radical (unpaired) electrons. The number of carbonyl (C=O) groups is 1. The Morgan fingerprint density at radius 1 is 1.29 bits per heavy atom. The number of halogens is 1. The lowest BCUT2D eigenvalue weighted by Gasteiger charge is -2.17. The third kappa shape index (κ3) is 4.67. The lowest BCUT2D eigenvalue weighted by molar-refractivity contribution is 0.0944. The molecule has 1 aromatic rings. The minimum Gasteiger partial charge on any atom is -0.293 e. The first-order chi connectivity index (χ1) is 8.17. The quantitative estimate of drug-likeness (QED) is 0.568. The number of carbonyl (C=O) groups excluding carboxylic acids is 1. The molecule has 1 rings (SSSR count). The van der Waals surface area contributed by atoms with Crippen molar-refractivity contribution in [2.75, 3.05) is 19.6 Å². The van der Waals surface area contributed by atoms with Gasteiger partial charge in [-0.1, -0.05) is 40.2 Å². The van der Waals surface area contributed by atoms with E-state index in [-0.39, 0.29) is 5.78 Å². The Kier molecular flexibility index (Phi) is 5.87. The molecule has 90 valence electrons. The van der Waals surface area contributed by atoms with Crippen molar-refractivity contribution in [2.24, 2.45) is 0 Å². The summed E-state index contributed by atoms with van der Waals surface area (Å²) < 4.78 is 0.919. The highest BCUT2D eigenvalue weighted by Crippen LogP contribution is 2.12. The van der Waals surface area contributed by atoms with Gasteiger partial charge in [0, 0.05) is 23.1 Å². The predicted molar refractivity (Wildman–Crippen MR) is 75.3 cm³/mol. The van der Waals surface area contributed by atoms with Gasteiger partial charge in [-0.2, -0.15) is 0 Å². The summed E-state index contributed by atoms with van der Waals surface area (Å²) in [5, 5.41) is 0. The number of ketones is 1. The van der Waals surface area contributed by atoms with Gasteiger partial charge in [-0.3, -0.25) is 9.69 Å². The van der Waals surface area contributed by atoms with E-state index in [1.807, 2.05) is 29.2 Å². The minimum absolute atomic E-state index is 0.106.